The van der Waals surface area contributed by atoms with Gasteiger partial charge in [0.2, 0.25) is 0 Å². The van der Waals surface area contributed by atoms with Gasteiger partial charge in [-0.1, -0.05) is 0 Å². The molecule has 36 heavy (non-hydrogen) atoms. The van der Waals surface area contributed by atoms with Crippen LogP contribution in [-0.2, 0) is 0 Å². The van der Waals surface area contributed by atoms with Gasteiger partial charge in [0, 0.05) is 5.56 Å². The molecule has 5 aromatic carbocycles. The molecule has 0 bridgehead atoms. The summed E-state index contributed by atoms with van der Waals surface area (Å²) in [4.78, 5) is 0. The number of hydrogen-bond acceptors (Lipinski definition) is 0. The van der Waals surface area contributed by atoms with Crippen LogP contribution < -0.4 is 0 Å². The van der Waals surface area contributed by atoms with E-state index in [-0.39, 0.29) is 0 Å². The van der Waals surface area contributed by atoms with Gasteiger partial charge in [-0.25, -0.2) is 57.1 Å². The normalized spacial score (nSPS) is 12.2. The highest BCUT2D eigenvalue weighted by atomic mass is 19.2. The lowest BCUT2D eigenvalue weighted by atomic mass is 9.92. The maximum atomic E-state index is 15.4. The molecule has 0 aliphatic heterocycles. The monoisotopic (exact) mass is 526 g/mol. The van der Waals surface area contributed by atoms with Crippen LogP contribution in [0.4, 0.5) is 57.1 Å². The Bertz CT molecular complexity index is 1600. The lowest BCUT2D eigenvalue weighted by Crippen LogP contribution is -2.08. The van der Waals surface area contributed by atoms with Gasteiger partial charge >= 0.3 is 0 Å². The van der Waals surface area contributed by atoms with Crippen LogP contribution in [0.3, 0.4) is 0 Å². The molecule has 0 saturated carbocycles. The summed E-state index contributed by atoms with van der Waals surface area (Å²) in [5, 5.41) is -15.6. The van der Waals surface area contributed by atoms with E-state index in [0.717, 1.165) is 0 Å². The molecular formula is C23H3F13. The molecule has 5 aromatic rings. The zero-order chi connectivity index (χ0) is 26.7. The molecule has 0 aromatic heterocycles. The number of hydrogen-bond donors (Lipinski definition) is 0. The first-order valence-electron chi connectivity index (χ1n) is 9.46. The average Bonchev–Trinajstić information content (AvgIpc) is 2.83. The van der Waals surface area contributed by atoms with Crippen LogP contribution in [-0.4, -0.2) is 0 Å². The molecule has 0 spiro atoms. The van der Waals surface area contributed by atoms with Crippen molar-refractivity contribution in [2.75, 3.05) is 0 Å². The fraction of sp³-hybridized carbons (Fsp3) is 0.0435. The van der Waals surface area contributed by atoms with Crippen molar-refractivity contribution < 1.29 is 57.1 Å². The van der Waals surface area contributed by atoms with E-state index in [9.17, 15) is 30.7 Å². The van der Waals surface area contributed by atoms with Gasteiger partial charge in [0.15, 0.2) is 34.9 Å². The summed E-state index contributed by atoms with van der Waals surface area (Å²) in [7, 11) is 0. The highest BCUT2D eigenvalue weighted by Crippen LogP contribution is 2.45. The summed E-state index contributed by atoms with van der Waals surface area (Å²) >= 11 is 0. The van der Waals surface area contributed by atoms with Gasteiger partial charge in [-0.15, -0.1) is 0 Å². The van der Waals surface area contributed by atoms with E-state index in [1.165, 1.54) is 0 Å². The summed E-state index contributed by atoms with van der Waals surface area (Å²) in [6, 6.07) is 0. The van der Waals surface area contributed by atoms with E-state index in [0.29, 0.717) is 6.92 Å². The second kappa shape index (κ2) is 7.37. The Morgan fingerprint density at radius 2 is 0.417 bits per heavy atom. The standard InChI is InChI=1S/C23H3F13/c1-2-11(24)3-8(19(32)12(2)25)16(29)5-4(13(3)26)14(27)6-7(15(5)28)18(31)10-9(17(6)30)20(33)22(35)23(36)21(10)34/h1H3. The van der Waals surface area contributed by atoms with Crippen LogP contribution in [0.15, 0.2) is 0 Å². The third kappa shape index (κ3) is 2.57. The Hall–Kier alpha value is -3.77. The second-order valence-corrected chi connectivity index (χ2v) is 7.71. The zero-order valence-corrected chi connectivity index (χ0v) is 16.9. The van der Waals surface area contributed by atoms with Crippen LogP contribution >= 0.6 is 0 Å². The van der Waals surface area contributed by atoms with Gasteiger partial charge in [-0.3, -0.25) is 0 Å². The van der Waals surface area contributed by atoms with Crippen LogP contribution in [0.25, 0.3) is 43.1 Å². The number of rotatable bonds is 0. The number of fused-ring (bicyclic) bond motifs is 4. The molecule has 0 atom stereocenters. The summed E-state index contributed by atoms with van der Waals surface area (Å²) in [5.74, 6) is -31.1. The van der Waals surface area contributed by atoms with Crippen molar-refractivity contribution in [2.45, 2.75) is 6.92 Å². The average molecular weight is 526 g/mol. The molecule has 0 N–H and O–H groups in total. The molecule has 0 nitrogen and oxygen atoms in total. The van der Waals surface area contributed by atoms with Crippen LogP contribution in [0.5, 0.6) is 0 Å². The van der Waals surface area contributed by atoms with E-state index >= 15 is 26.3 Å². The topological polar surface area (TPSA) is 0 Å². The van der Waals surface area contributed by atoms with Gasteiger partial charge in [-0.2, -0.15) is 0 Å². The Balaban J connectivity index is 2.22. The Labute approximate surface area is 189 Å². The van der Waals surface area contributed by atoms with Gasteiger partial charge in [0.1, 0.15) is 40.7 Å². The molecule has 0 amide bonds. The van der Waals surface area contributed by atoms with Crippen molar-refractivity contribution in [1.29, 1.82) is 0 Å². The van der Waals surface area contributed by atoms with E-state index in [1.54, 1.807) is 0 Å². The largest absolute Gasteiger partial charge is 0.206 e. The van der Waals surface area contributed by atoms with Gasteiger partial charge < -0.3 is 0 Å². The molecule has 13 heteroatoms. The Morgan fingerprint density at radius 3 is 0.694 bits per heavy atom. The Morgan fingerprint density at radius 1 is 0.222 bits per heavy atom. The summed E-state index contributed by atoms with van der Waals surface area (Å²) in [6.45, 7) is 0.595. The lowest BCUT2D eigenvalue weighted by molar-refractivity contribution is 0.415. The first kappa shape index (κ1) is 23.9. The second-order valence-electron chi connectivity index (χ2n) is 7.71. The number of benzene rings is 5. The molecule has 0 radical (unpaired) electrons. The highest BCUT2D eigenvalue weighted by molar-refractivity contribution is 6.11. The van der Waals surface area contributed by atoms with E-state index in [1.807, 2.05) is 0 Å². The molecule has 0 saturated heterocycles. The minimum Gasteiger partial charge on any atom is -0.206 e. The minimum absolute atomic E-state index is 0.595. The van der Waals surface area contributed by atoms with Gasteiger partial charge in [0.05, 0.1) is 43.1 Å². The molecule has 0 aliphatic rings. The molecule has 0 heterocycles. The van der Waals surface area contributed by atoms with Crippen molar-refractivity contribution in [2.24, 2.45) is 0 Å². The van der Waals surface area contributed by atoms with E-state index in [2.05, 4.69) is 0 Å². The van der Waals surface area contributed by atoms with Crippen molar-refractivity contribution in [3.63, 3.8) is 0 Å². The summed E-state index contributed by atoms with van der Waals surface area (Å²) < 4.78 is 190. The van der Waals surface area contributed by atoms with Crippen molar-refractivity contribution in [1.82, 2.24) is 0 Å². The maximum Gasteiger partial charge on any atom is 0.198 e. The molecule has 0 aliphatic carbocycles. The molecular weight excluding hydrogens is 523 g/mol. The van der Waals surface area contributed by atoms with E-state index in [4.69, 9.17) is 0 Å². The first-order valence-corrected chi connectivity index (χ1v) is 9.46. The lowest BCUT2D eigenvalue weighted by Gasteiger charge is -2.16. The molecule has 0 unspecified atom stereocenters. The van der Waals surface area contributed by atoms with Crippen LogP contribution in [0.2, 0.25) is 0 Å². The third-order valence-electron chi connectivity index (χ3n) is 5.94. The van der Waals surface area contributed by atoms with Crippen molar-refractivity contribution in [3.05, 3.63) is 81.2 Å². The number of halogens is 13. The molecule has 0 fully saturated rings. The Kier molecular flexibility index (Phi) is 4.90. The quantitative estimate of drug-likeness (QED) is 0.0823. The van der Waals surface area contributed by atoms with Crippen molar-refractivity contribution >= 4 is 43.1 Å². The smallest absolute Gasteiger partial charge is 0.198 e. The highest BCUT2D eigenvalue weighted by Gasteiger charge is 2.35. The molecule has 5 rings (SSSR count). The maximum absolute atomic E-state index is 15.4. The zero-order valence-electron chi connectivity index (χ0n) is 16.9. The first-order chi connectivity index (χ1) is 16.7. The van der Waals surface area contributed by atoms with Crippen molar-refractivity contribution in [3.8, 4) is 0 Å². The van der Waals surface area contributed by atoms with Crippen LogP contribution in [0, 0.1) is 82.5 Å². The third-order valence-corrected chi connectivity index (χ3v) is 5.94. The van der Waals surface area contributed by atoms with Gasteiger partial charge in [-0.05, 0) is 6.92 Å². The fourth-order valence-corrected chi connectivity index (χ4v) is 4.25. The minimum atomic E-state index is -2.66. The predicted molar refractivity (Wildman–Crippen MR) is 101 cm³/mol. The molecule has 186 valence electrons. The van der Waals surface area contributed by atoms with Crippen LogP contribution in [0.1, 0.15) is 5.56 Å². The van der Waals surface area contributed by atoms with E-state index < -0.39 is 124 Å². The SMILES string of the molecule is Cc1c(F)c(F)c2c(F)c3c(F)c4c(F)c5c(F)c(F)c(F)c(F)c5c(F)c4c(F)c3c(F)c2c1F. The summed E-state index contributed by atoms with van der Waals surface area (Å²) in [6.07, 6.45) is 0. The summed E-state index contributed by atoms with van der Waals surface area (Å²) in [5.41, 5.74) is -1.20. The van der Waals surface area contributed by atoms with Gasteiger partial charge in [0.25, 0.3) is 0 Å². The fourth-order valence-electron chi connectivity index (χ4n) is 4.25. The predicted octanol–water partition coefficient (Wildman–Crippen LogP) is 8.42.